The van der Waals surface area contributed by atoms with Crippen molar-refractivity contribution in [2.24, 2.45) is 0 Å². The van der Waals surface area contributed by atoms with Crippen molar-refractivity contribution in [3.8, 4) is 0 Å². The molecule has 33 heavy (non-hydrogen) atoms. The first-order valence-corrected chi connectivity index (χ1v) is 13.4. The van der Waals surface area contributed by atoms with Crippen LogP contribution in [0.15, 0.2) is 59.3 Å². The zero-order valence-corrected chi connectivity index (χ0v) is 20.3. The van der Waals surface area contributed by atoms with E-state index in [4.69, 9.17) is 0 Å². The first-order valence-electron chi connectivity index (χ1n) is 11.6. The molecule has 3 aromatic rings. The van der Waals surface area contributed by atoms with Crippen molar-refractivity contribution in [2.75, 3.05) is 39.3 Å². The number of thiophene rings is 2. The van der Waals surface area contributed by atoms with Crippen LogP contribution in [0.4, 0.5) is 0 Å². The van der Waals surface area contributed by atoms with Crippen molar-refractivity contribution >= 4 is 34.5 Å². The lowest BCUT2D eigenvalue weighted by Crippen LogP contribution is -2.45. The molecule has 0 bridgehead atoms. The van der Waals surface area contributed by atoms with Gasteiger partial charge in [0.2, 0.25) is 11.8 Å². The summed E-state index contributed by atoms with van der Waals surface area (Å²) < 4.78 is 0. The van der Waals surface area contributed by atoms with E-state index in [1.807, 2.05) is 44.7 Å². The highest BCUT2D eigenvalue weighted by Gasteiger charge is 2.32. The molecule has 4 heterocycles. The molecular formula is C26H29N3O2S2. The van der Waals surface area contributed by atoms with Gasteiger partial charge in [-0.15, -0.1) is 22.7 Å². The Kier molecular flexibility index (Phi) is 6.90. The van der Waals surface area contributed by atoms with Gasteiger partial charge in [0.25, 0.3) is 0 Å². The van der Waals surface area contributed by atoms with Gasteiger partial charge in [-0.25, -0.2) is 0 Å². The molecule has 5 nitrogen and oxygen atoms in total. The molecule has 1 saturated heterocycles. The average molecular weight is 480 g/mol. The van der Waals surface area contributed by atoms with E-state index in [2.05, 4.69) is 40.6 Å². The number of hydrogen-bond acceptors (Lipinski definition) is 5. The van der Waals surface area contributed by atoms with Crippen molar-refractivity contribution in [3.63, 3.8) is 0 Å². The lowest BCUT2D eigenvalue weighted by Gasteiger charge is -2.37. The summed E-state index contributed by atoms with van der Waals surface area (Å²) >= 11 is 3.44. The largest absolute Gasteiger partial charge is 0.341 e. The van der Waals surface area contributed by atoms with E-state index in [-0.39, 0.29) is 17.9 Å². The SMILES string of the molecule is O=C(Cc1cccs1)N1CCCN(C(=O)CN2CCc3sccc3[C@H]2c2ccccc2)CC1. The highest BCUT2D eigenvalue weighted by atomic mass is 32.1. The molecule has 1 fully saturated rings. The molecule has 2 aliphatic heterocycles. The standard InChI is InChI=1S/C26H29N3O2S2/c30-24(18-21-8-4-16-32-21)27-11-5-12-28(15-14-27)25(31)19-29-13-9-23-22(10-17-33-23)26(29)20-6-2-1-3-7-20/h1-4,6-8,10,16-17,26H,5,9,11-15,18-19H2/t26-/m1/s1. The molecule has 1 atom stereocenters. The fourth-order valence-electron chi connectivity index (χ4n) is 4.93. The van der Waals surface area contributed by atoms with E-state index >= 15 is 0 Å². The molecule has 2 aromatic heterocycles. The number of nitrogens with zero attached hydrogens (tertiary/aromatic N) is 3. The first-order chi connectivity index (χ1) is 16.2. The summed E-state index contributed by atoms with van der Waals surface area (Å²) in [6.07, 6.45) is 2.29. The summed E-state index contributed by atoms with van der Waals surface area (Å²) in [5, 5.41) is 4.18. The number of benzene rings is 1. The Balaban J connectivity index is 1.24. The second-order valence-electron chi connectivity index (χ2n) is 8.70. The molecule has 0 radical (unpaired) electrons. The van der Waals surface area contributed by atoms with Crippen molar-refractivity contribution in [1.82, 2.24) is 14.7 Å². The van der Waals surface area contributed by atoms with Gasteiger partial charge < -0.3 is 9.80 Å². The van der Waals surface area contributed by atoms with Crippen LogP contribution in [0.2, 0.25) is 0 Å². The lowest BCUT2D eigenvalue weighted by molar-refractivity contribution is -0.134. The second kappa shape index (κ2) is 10.2. The summed E-state index contributed by atoms with van der Waals surface area (Å²) in [4.78, 5) is 34.8. The van der Waals surface area contributed by atoms with Crippen LogP contribution in [0.1, 0.15) is 33.3 Å². The van der Waals surface area contributed by atoms with E-state index in [0.29, 0.717) is 26.1 Å². The summed E-state index contributed by atoms with van der Waals surface area (Å²) in [7, 11) is 0. The van der Waals surface area contributed by atoms with Gasteiger partial charge in [-0.1, -0.05) is 36.4 Å². The number of amides is 2. The van der Waals surface area contributed by atoms with Crippen molar-refractivity contribution in [3.05, 3.63) is 80.2 Å². The minimum Gasteiger partial charge on any atom is -0.341 e. The fourth-order valence-corrected chi connectivity index (χ4v) is 6.53. The Bertz CT molecular complexity index is 1080. The smallest absolute Gasteiger partial charge is 0.236 e. The third-order valence-electron chi connectivity index (χ3n) is 6.63. The molecule has 2 amide bonds. The number of carbonyl (C=O) groups excluding carboxylic acids is 2. The Labute approximate surface area is 203 Å². The number of carbonyl (C=O) groups is 2. The van der Waals surface area contributed by atoms with Crippen LogP contribution in [0.3, 0.4) is 0 Å². The molecule has 0 aliphatic carbocycles. The lowest BCUT2D eigenvalue weighted by atomic mass is 9.93. The van der Waals surface area contributed by atoms with E-state index in [0.717, 1.165) is 37.4 Å². The zero-order chi connectivity index (χ0) is 22.6. The van der Waals surface area contributed by atoms with Crippen LogP contribution in [-0.4, -0.2) is 65.8 Å². The summed E-state index contributed by atoms with van der Waals surface area (Å²) in [6, 6.07) is 16.9. The maximum atomic E-state index is 13.4. The van der Waals surface area contributed by atoms with Crippen LogP contribution >= 0.6 is 22.7 Å². The number of rotatable bonds is 5. The molecule has 7 heteroatoms. The quantitative estimate of drug-likeness (QED) is 0.554. The molecule has 5 rings (SSSR count). The Morgan fingerprint density at radius 1 is 0.818 bits per heavy atom. The van der Waals surface area contributed by atoms with Crippen LogP contribution in [0.5, 0.6) is 0 Å². The normalized spacial score (nSPS) is 19.2. The Hall–Kier alpha value is -2.48. The summed E-state index contributed by atoms with van der Waals surface area (Å²) in [6.45, 7) is 3.98. The number of fused-ring (bicyclic) bond motifs is 1. The fraction of sp³-hybridized carbons (Fsp3) is 0.385. The predicted octanol–water partition coefficient (Wildman–Crippen LogP) is 4.06. The third kappa shape index (κ3) is 5.05. The monoisotopic (exact) mass is 479 g/mol. The van der Waals surface area contributed by atoms with Gasteiger partial charge in [0.05, 0.1) is 19.0 Å². The highest BCUT2D eigenvalue weighted by Crippen LogP contribution is 2.37. The number of hydrogen-bond donors (Lipinski definition) is 0. The van der Waals surface area contributed by atoms with Gasteiger partial charge in [0.1, 0.15) is 0 Å². The molecule has 0 N–H and O–H groups in total. The van der Waals surface area contributed by atoms with Crippen molar-refractivity contribution in [1.29, 1.82) is 0 Å². The van der Waals surface area contributed by atoms with Gasteiger partial charge in [0.15, 0.2) is 0 Å². The van der Waals surface area contributed by atoms with Crippen LogP contribution in [0, 0.1) is 0 Å². The summed E-state index contributed by atoms with van der Waals surface area (Å²) in [5.74, 6) is 0.332. The molecule has 0 spiro atoms. The highest BCUT2D eigenvalue weighted by molar-refractivity contribution is 7.10. The van der Waals surface area contributed by atoms with Gasteiger partial charge in [-0.2, -0.15) is 0 Å². The average Bonchev–Trinajstić information content (AvgIpc) is 3.46. The molecule has 1 aromatic carbocycles. The van der Waals surface area contributed by atoms with E-state index in [9.17, 15) is 9.59 Å². The van der Waals surface area contributed by atoms with Gasteiger partial charge in [-0.05, 0) is 46.9 Å². The summed E-state index contributed by atoms with van der Waals surface area (Å²) in [5.41, 5.74) is 2.58. The van der Waals surface area contributed by atoms with E-state index in [1.54, 1.807) is 11.3 Å². The van der Waals surface area contributed by atoms with E-state index in [1.165, 1.54) is 16.0 Å². The molecule has 0 unspecified atom stereocenters. The maximum Gasteiger partial charge on any atom is 0.236 e. The first kappa shape index (κ1) is 22.3. The van der Waals surface area contributed by atoms with Crippen molar-refractivity contribution < 1.29 is 9.59 Å². The predicted molar refractivity (Wildman–Crippen MR) is 134 cm³/mol. The van der Waals surface area contributed by atoms with Gasteiger partial charge >= 0.3 is 0 Å². The van der Waals surface area contributed by atoms with Gasteiger partial charge in [0, 0.05) is 42.5 Å². The molecule has 2 aliphatic rings. The molecule has 0 saturated carbocycles. The van der Waals surface area contributed by atoms with E-state index < -0.39 is 0 Å². The van der Waals surface area contributed by atoms with Crippen LogP contribution in [0.25, 0.3) is 0 Å². The Morgan fingerprint density at radius 2 is 1.61 bits per heavy atom. The third-order valence-corrected chi connectivity index (χ3v) is 8.50. The van der Waals surface area contributed by atoms with Crippen molar-refractivity contribution in [2.45, 2.75) is 25.3 Å². The minimum absolute atomic E-state index is 0.126. The van der Waals surface area contributed by atoms with Crippen LogP contribution in [-0.2, 0) is 22.4 Å². The molecule has 172 valence electrons. The minimum atomic E-state index is 0.126. The molecular weight excluding hydrogens is 450 g/mol. The van der Waals surface area contributed by atoms with Gasteiger partial charge in [-0.3, -0.25) is 14.5 Å². The zero-order valence-electron chi connectivity index (χ0n) is 18.7. The maximum absolute atomic E-state index is 13.4. The second-order valence-corrected chi connectivity index (χ2v) is 10.7. The Morgan fingerprint density at radius 3 is 2.36 bits per heavy atom. The van der Waals surface area contributed by atoms with Crippen LogP contribution < -0.4 is 0 Å². The topological polar surface area (TPSA) is 43.9 Å².